The van der Waals surface area contributed by atoms with Crippen LogP contribution in [0.2, 0.25) is 0 Å². The maximum absolute atomic E-state index is 13.7. The van der Waals surface area contributed by atoms with Crippen molar-refractivity contribution in [3.05, 3.63) is 72.1 Å². The molecule has 0 spiro atoms. The Bertz CT molecular complexity index is 2810. The highest BCUT2D eigenvalue weighted by molar-refractivity contribution is 6.13. The van der Waals surface area contributed by atoms with Gasteiger partial charge < -0.3 is 70.7 Å². The number of carbonyl (C=O) groups is 9. The van der Waals surface area contributed by atoms with E-state index in [-0.39, 0.29) is 96.4 Å². The highest BCUT2D eigenvalue weighted by Gasteiger charge is 2.48. The average Bonchev–Trinajstić information content (AvgIpc) is 3.92. The van der Waals surface area contributed by atoms with Crippen LogP contribution in [-0.4, -0.2) is 163 Å². The molecule has 9 N–H and O–H groups in total. The number of benzene rings is 2. The second-order valence-corrected chi connectivity index (χ2v) is 19.7. The number of aryl methyl sites for hydroxylation is 1. The van der Waals surface area contributed by atoms with Gasteiger partial charge in [-0.2, -0.15) is 0 Å². The lowest BCUT2D eigenvalue weighted by molar-refractivity contribution is -0.271. The van der Waals surface area contributed by atoms with Gasteiger partial charge in [0.1, 0.15) is 36.1 Å². The summed E-state index contributed by atoms with van der Waals surface area (Å²) in [6.45, 7) is 5.70. The fourth-order valence-electron chi connectivity index (χ4n) is 9.10. The largest absolute Gasteiger partial charge is 0.490 e. The third kappa shape index (κ3) is 14.3. The molecule has 4 aliphatic rings. The number of nitrogens with zero attached hydrogens (tertiary/aromatic N) is 4. The maximum Gasteiger partial charge on any atom is 0.335 e. The minimum atomic E-state index is -1.97. The predicted octanol–water partition coefficient (Wildman–Crippen LogP) is 2.13. The number of hydrogen-bond donors (Lipinski definition) is 9. The van der Waals surface area contributed by atoms with Gasteiger partial charge in [0.15, 0.2) is 17.6 Å². The number of carboxylic acids is 1. The van der Waals surface area contributed by atoms with Crippen LogP contribution in [-0.2, 0) is 45.3 Å². The van der Waals surface area contributed by atoms with Crippen LogP contribution in [0.5, 0.6) is 11.5 Å². The van der Waals surface area contributed by atoms with E-state index in [2.05, 4.69) is 31.6 Å². The van der Waals surface area contributed by atoms with Crippen molar-refractivity contribution in [2.75, 3.05) is 35.6 Å². The summed E-state index contributed by atoms with van der Waals surface area (Å²) < 4.78 is 18.8. The Morgan fingerprint density at radius 3 is 2.15 bits per heavy atom. The minimum Gasteiger partial charge on any atom is -0.490 e. The first-order valence-corrected chi connectivity index (χ1v) is 25.8. The molecule has 2 saturated heterocycles. The summed E-state index contributed by atoms with van der Waals surface area (Å²) in [6, 6.07) is 8.35. The Morgan fingerprint density at radius 1 is 0.769 bits per heavy atom. The third-order valence-corrected chi connectivity index (χ3v) is 13.5. The van der Waals surface area contributed by atoms with Crippen LogP contribution >= 0.6 is 0 Å². The summed E-state index contributed by atoms with van der Waals surface area (Å²) in [5, 5.41) is 54.5. The number of aliphatic imine (C=N–C) groups is 1. The summed E-state index contributed by atoms with van der Waals surface area (Å²) in [7, 11) is 1.62. The van der Waals surface area contributed by atoms with Gasteiger partial charge in [0.05, 0.1) is 29.6 Å². The van der Waals surface area contributed by atoms with Gasteiger partial charge in [-0.15, -0.1) is 0 Å². The molecular weight excluding hydrogens is 1020 g/mol. The van der Waals surface area contributed by atoms with E-state index < -0.39 is 72.4 Å². The first kappa shape index (κ1) is 57.7. The third-order valence-electron chi connectivity index (χ3n) is 13.5. The monoisotopic (exact) mass is 1080 g/mol. The quantitative estimate of drug-likeness (QED) is 0.0485. The Kier molecular flexibility index (Phi) is 19.2. The van der Waals surface area contributed by atoms with E-state index in [1.54, 1.807) is 62.5 Å². The number of aromatic nitrogens is 1. The van der Waals surface area contributed by atoms with Gasteiger partial charge in [0, 0.05) is 75.0 Å². The number of aliphatic hydroxyl groups excluding tert-OH is 3. The summed E-state index contributed by atoms with van der Waals surface area (Å²) in [5.41, 5.74) is 1.68. The molecule has 78 heavy (non-hydrogen) atoms. The molecule has 25 heteroatoms. The van der Waals surface area contributed by atoms with Crippen molar-refractivity contribution < 1.29 is 77.8 Å². The summed E-state index contributed by atoms with van der Waals surface area (Å²) >= 11 is 0. The van der Waals surface area contributed by atoms with Crippen molar-refractivity contribution in [2.45, 2.75) is 127 Å². The Hall–Kier alpha value is -8.00. The molecular formula is C53H65N9O16. The number of aliphatic carboxylic acids is 1. The van der Waals surface area contributed by atoms with Crippen LogP contribution < -0.4 is 36.1 Å². The highest BCUT2D eigenvalue weighted by atomic mass is 16.7. The number of imide groups is 1. The van der Waals surface area contributed by atoms with E-state index in [1.165, 1.54) is 41.8 Å². The predicted molar refractivity (Wildman–Crippen MR) is 279 cm³/mol. The number of nitrogens with one attached hydrogen (secondary N) is 5. The van der Waals surface area contributed by atoms with Gasteiger partial charge in [0.2, 0.25) is 29.9 Å². The van der Waals surface area contributed by atoms with Gasteiger partial charge in [-0.3, -0.25) is 48.2 Å². The number of aliphatic hydroxyl groups is 3. The number of hydrogen-bond acceptors (Lipinski definition) is 16. The SMILES string of the molecule is CC(C)[C@H](NC(=O)CCCCCN1C(=O)C=CC1=O)C(=O)N[C@@H](C)C(=O)Nc1ccc(NC(=O)c2cc(NC(=O)CCCOc3cc4c(cc3O[C@@H]3O[C@H](C(=O)O)[C@@H](O)[C@H](O)[C@H]3O)C(=O)N3CCCC[C@H]3C=N4)cn2C)cc1. The van der Waals surface area contributed by atoms with Crippen molar-refractivity contribution in [2.24, 2.45) is 18.0 Å². The molecule has 4 aliphatic heterocycles. The van der Waals surface area contributed by atoms with Crippen LogP contribution in [0.1, 0.15) is 99.4 Å². The number of fused-ring (bicyclic) bond motifs is 2. The van der Waals surface area contributed by atoms with Crippen molar-refractivity contribution in [1.29, 1.82) is 0 Å². The zero-order valence-electron chi connectivity index (χ0n) is 43.5. The summed E-state index contributed by atoms with van der Waals surface area (Å²) in [6.07, 6.45) is 0.350. The van der Waals surface area contributed by atoms with Crippen LogP contribution in [0, 0.1) is 5.92 Å². The lowest BCUT2D eigenvalue weighted by atomic mass is 9.99. The zero-order chi connectivity index (χ0) is 56.4. The molecule has 1 aromatic heterocycles. The van der Waals surface area contributed by atoms with Gasteiger partial charge >= 0.3 is 5.97 Å². The second-order valence-electron chi connectivity index (χ2n) is 19.7. The smallest absolute Gasteiger partial charge is 0.335 e. The molecule has 0 saturated carbocycles. The van der Waals surface area contributed by atoms with E-state index in [9.17, 15) is 63.6 Å². The van der Waals surface area contributed by atoms with Crippen molar-refractivity contribution in [3.63, 3.8) is 0 Å². The molecule has 7 rings (SSSR count). The van der Waals surface area contributed by atoms with Crippen LogP contribution in [0.15, 0.2) is 65.8 Å². The number of amides is 8. The number of ether oxygens (including phenoxy) is 3. The van der Waals surface area contributed by atoms with Gasteiger partial charge in [0.25, 0.3) is 23.6 Å². The Balaban J connectivity index is 0.867. The van der Waals surface area contributed by atoms with Crippen molar-refractivity contribution >= 4 is 82.2 Å². The summed E-state index contributed by atoms with van der Waals surface area (Å²) in [5.74, 6) is -5.47. The lowest BCUT2D eigenvalue weighted by Crippen LogP contribution is -2.61. The Labute approximate surface area is 448 Å². The topological polar surface area (TPSA) is 346 Å². The minimum absolute atomic E-state index is 0.00540. The number of carbonyl (C=O) groups excluding carboxylic acids is 8. The first-order valence-electron chi connectivity index (χ1n) is 25.8. The van der Waals surface area contributed by atoms with E-state index in [4.69, 9.17) is 14.2 Å². The number of piperidine rings is 1. The van der Waals surface area contributed by atoms with E-state index >= 15 is 0 Å². The number of unbranched alkanes of at least 4 members (excludes halogenated alkanes) is 2. The standard InChI is InChI=1S/C53H65N9O16/c1-28(2)43(59-40(64)12-6-5-8-21-62-41(65)18-19-42(62)66)50(72)55-29(3)48(70)57-30-14-16-31(17-15-30)58-49(71)36-23-32(27-60(36)4)56-39(63)13-10-22-76-37-25-35-34(51(73)61-20-9-7-11-33(61)26-54-35)24-38(37)77-53-46(69)44(67)45(68)47(78-53)52(74)75/h14-19,23-29,33,43-47,53,67-69H,5-13,20-22H2,1-4H3,(H,55,72)(H,56,63)(H,57,70)(H,58,71)(H,59,64)(H,74,75)/t29-,33-,43-,44-,45-,46+,47-,53+/m0/s1. The number of anilines is 3. The van der Waals surface area contributed by atoms with Gasteiger partial charge in [-0.1, -0.05) is 20.3 Å². The van der Waals surface area contributed by atoms with Gasteiger partial charge in [-0.25, -0.2) is 4.79 Å². The van der Waals surface area contributed by atoms with Gasteiger partial charge in [-0.05, 0) is 87.8 Å². The van der Waals surface area contributed by atoms with Crippen LogP contribution in [0.4, 0.5) is 22.7 Å². The molecule has 8 amide bonds. The fourth-order valence-corrected chi connectivity index (χ4v) is 9.10. The fraction of sp³-hybridized carbons (Fsp3) is 0.472. The molecule has 2 aromatic carbocycles. The lowest BCUT2D eigenvalue weighted by Gasteiger charge is -2.38. The molecule has 3 aromatic rings. The molecule has 0 radical (unpaired) electrons. The van der Waals surface area contributed by atoms with E-state index in [0.717, 1.165) is 17.7 Å². The Morgan fingerprint density at radius 2 is 1.46 bits per heavy atom. The van der Waals surface area contributed by atoms with E-state index in [1.807, 2.05) is 0 Å². The zero-order valence-corrected chi connectivity index (χ0v) is 43.5. The molecule has 418 valence electrons. The molecule has 0 bridgehead atoms. The number of carboxylic acid groups (broad SMARTS) is 1. The van der Waals surface area contributed by atoms with E-state index in [0.29, 0.717) is 49.3 Å². The molecule has 5 heterocycles. The molecule has 0 aliphatic carbocycles. The number of rotatable bonds is 23. The second kappa shape index (κ2) is 25.9. The van der Waals surface area contributed by atoms with Crippen LogP contribution in [0.3, 0.4) is 0 Å². The maximum atomic E-state index is 13.7. The average molecular weight is 1080 g/mol. The molecule has 2 fully saturated rings. The van der Waals surface area contributed by atoms with Crippen LogP contribution in [0.25, 0.3) is 0 Å². The summed E-state index contributed by atoms with van der Waals surface area (Å²) in [4.78, 5) is 122. The molecule has 0 unspecified atom stereocenters. The normalized spacial score (nSPS) is 21.5. The highest BCUT2D eigenvalue weighted by Crippen LogP contribution is 2.40. The first-order chi connectivity index (χ1) is 37.2. The van der Waals surface area contributed by atoms with Crippen molar-refractivity contribution in [3.8, 4) is 11.5 Å². The molecule has 8 atom stereocenters. The molecule has 25 nitrogen and oxygen atoms in total. The van der Waals surface area contributed by atoms with Crippen molar-refractivity contribution in [1.82, 2.24) is 25.0 Å².